The molecule has 0 unspecified atom stereocenters. The van der Waals surface area contributed by atoms with Gasteiger partial charge in [-0.25, -0.2) is 4.68 Å². The average Bonchev–Trinajstić information content (AvgIpc) is 2.23. The van der Waals surface area contributed by atoms with E-state index >= 15 is 0 Å². The third-order valence-corrected chi connectivity index (χ3v) is 2.81. The van der Waals surface area contributed by atoms with Crippen molar-refractivity contribution in [3.8, 4) is 0 Å². The maximum Gasteiger partial charge on any atom is 0.266 e. The predicted molar refractivity (Wildman–Crippen MR) is 58.9 cm³/mol. The Bertz CT molecular complexity index is 393. The fourth-order valence-corrected chi connectivity index (χ4v) is 1.79. The molecule has 1 saturated heterocycles. The van der Waals surface area contributed by atoms with E-state index < -0.39 is 0 Å². The molecule has 1 aliphatic heterocycles. The van der Waals surface area contributed by atoms with Crippen LogP contribution in [0.1, 0.15) is 12.8 Å². The molecule has 0 spiro atoms. The molecule has 0 atom stereocenters. The summed E-state index contributed by atoms with van der Waals surface area (Å²) in [6.07, 6.45) is 1.98. The minimum absolute atomic E-state index is 0.0764. The molecule has 0 bridgehead atoms. The van der Waals surface area contributed by atoms with Crippen molar-refractivity contribution in [1.82, 2.24) is 9.78 Å². The highest BCUT2D eigenvalue weighted by Gasteiger charge is 2.17. The molecule has 1 aliphatic rings. The van der Waals surface area contributed by atoms with Crippen LogP contribution in [0, 0.1) is 0 Å². The van der Waals surface area contributed by atoms with Gasteiger partial charge in [-0.15, -0.1) is 0 Å². The van der Waals surface area contributed by atoms with Gasteiger partial charge in [0.15, 0.2) is 0 Å². The highest BCUT2D eigenvalue weighted by molar-refractivity contribution is 5.37. The molecular weight excluding hydrogens is 192 g/mol. The van der Waals surface area contributed by atoms with Crippen LogP contribution in [0.2, 0.25) is 0 Å². The highest BCUT2D eigenvalue weighted by atomic mass is 16.1. The summed E-state index contributed by atoms with van der Waals surface area (Å²) < 4.78 is 1.36. The molecule has 82 valence electrons. The quantitative estimate of drug-likeness (QED) is 0.688. The molecule has 1 aromatic rings. The summed E-state index contributed by atoms with van der Waals surface area (Å²) in [4.78, 5) is 13.3. The van der Waals surface area contributed by atoms with E-state index in [9.17, 15) is 4.79 Å². The Morgan fingerprint density at radius 2 is 2.07 bits per heavy atom. The highest BCUT2D eigenvalue weighted by Crippen LogP contribution is 2.14. The number of piperidine rings is 1. The van der Waals surface area contributed by atoms with Crippen LogP contribution in [0.25, 0.3) is 0 Å². The second-order valence-electron chi connectivity index (χ2n) is 3.98. The van der Waals surface area contributed by atoms with Crippen LogP contribution in [-0.4, -0.2) is 28.9 Å². The van der Waals surface area contributed by atoms with E-state index in [2.05, 4.69) is 10.00 Å². The minimum atomic E-state index is -0.0764. The van der Waals surface area contributed by atoms with Crippen molar-refractivity contribution < 1.29 is 0 Å². The lowest BCUT2D eigenvalue weighted by molar-refractivity contribution is 0.494. The van der Waals surface area contributed by atoms with Gasteiger partial charge in [-0.05, 0) is 18.9 Å². The van der Waals surface area contributed by atoms with Gasteiger partial charge in [0.25, 0.3) is 5.56 Å². The van der Waals surface area contributed by atoms with Crippen LogP contribution in [0.15, 0.2) is 16.9 Å². The van der Waals surface area contributed by atoms with Crippen molar-refractivity contribution in [3.05, 3.63) is 22.5 Å². The summed E-state index contributed by atoms with van der Waals surface area (Å²) in [6.45, 7) is 1.85. The fourth-order valence-electron chi connectivity index (χ4n) is 1.79. The maximum atomic E-state index is 11.2. The Labute approximate surface area is 88.5 Å². The first-order valence-electron chi connectivity index (χ1n) is 5.22. The topological polar surface area (TPSA) is 64.2 Å². The van der Waals surface area contributed by atoms with E-state index in [1.165, 1.54) is 4.68 Å². The van der Waals surface area contributed by atoms with E-state index in [-0.39, 0.29) is 5.56 Å². The largest absolute Gasteiger partial charge is 0.355 e. The molecule has 0 amide bonds. The van der Waals surface area contributed by atoms with E-state index in [0.717, 1.165) is 31.7 Å². The molecule has 0 aromatic carbocycles. The normalized spacial score (nSPS) is 18.1. The second kappa shape index (κ2) is 4.02. The smallest absolute Gasteiger partial charge is 0.266 e. The number of hydrogen-bond donors (Lipinski definition) is 1. The van der Waals surface area contributed by atoms with E-state index in [0.29, 0.717) is 6.04 Å². The molecular formula is C10H16N4O. The van der Waals surface area contributed by atoms with Crippen LogP contribution < -0.4 is 16.2 Å². The Balaban J connectivity index is 2.16. The van der Waals surface area contributed by atoms with Crippen molar-refractivity contribution in [1.29, 1.82) is 0 Å². The van der Waals surface area contributed by atoms with Crippen LogP contribution in [0.5, 0.6) is 0 Å². The number of nitrogens with two attached hydrogens (primary N) is 1. The van der Waals surface area contributed by atoms with Gasteiger partial charge in [-0.2, -0.15) is 5.10 Å². The van der Waals surface area contributed by atoms with Gasteiger partial charge in [-0.3, -0.25) is 4.79 Å². The van der Waals surface area contributed by atoms with Gasteiger partial charge in [0.05, 0.1) is 0 Å². The first-order valence-corrected chi connectivity index (χ1v) is 5.22. The monoisotopic (exact) mass is 208 g/mol. The lowest BCUT2D eigenvalue weighted by atomic mass is 10.1. The van der Waals surface area contributed by atoms with Crippen LogP contribution >= 0.6 is 0 Å². The summed E-state index contributed by atoms with van der Waals surface area (Å²) in [5.41, 5.74) is 5.75. The average molecular weight is 208 g/mol. The maximum absolute atomic E-state index is 11.2. The Hall–Kier alpha value is -1.36. The molecule has 15 heavy (non-hydrogen) atoms. The van der Waals surface area contributed by atoms with E-state index in [1.807, 2.05) is 0 Å². The van der Waals surface area contributed by atoms with Gasteiger partial charge in [0, 0.05) is 32.2 Å². The number of rotatable bonds is 1. The number of aromatic nitrogens is 2. The lowest BCUT2D eigenvalue weighted by Crippen LogP contribution is -2.40. The van der Waals surface area contributed by atoms with Gasteiger partial charge in [0.1, 0.15) is 5.82 Å². The van der Waals surface area contributed by atoms with Crippen LogP contribution in [-0.2, 0) is 7.05 Å². The molecule has 0 aliphatic carbocycles. The van der Waals surface area contributed by atoms with Crippen molar-refractivity contribution in [2.75, 3.05) is 18.0 Å². The Morgan fingerprint density at radius 3 is 2.67 bits per heavy atom. The third kappa shape index (κ3) is 2.18. The molecule has 1 aromatic heterocycles. The molecule has 5 heteroatoms. The van der Waals surface area contributed by atoms with Crippen LogP contribution in [0.4, 0.5) is 5.82 Å². The van der Waals surface area contributed by atoms with Crippen molar-refractivity contribution in [3.63, 3.8) is 0 Å². The lowest BCUT2D eigenvalue weighted by Gasteiger charge is -2.30. The molecule has 0 radical (unpaired) electrons. The zero-order valence-corrected chi connectivity index (χ0v) is 8.89. The first-order chi connectivity index (χ1) is 7.16. The van der Waals surface area contributed by atoms with Gasteiger partial charge in [-0.1, -0.05) is 0 Å². The molecule has 2 N–H and O–H groups in total. The van der Waals surface area contributed by atoms with Gasteiger partial charge in [0.2, 0.25) is 0 Å². The number of anilines is 1. The SMILES string of the molecule is Cn1nc(N2CCC(N)CC2)ccc1=O. The molecule has 0 saturated carbocycles. The summed E-state index contributed by atoms with van der Waals surface area (Å²) >= 11 is 0. The zero-order valence-electron chi connectivity index (χ0n) is 8.89. The Kier molecular flexibility index (Phi) is 2.73. The summed E-state index contributed by atoms with van der Waals surface area (Å²) in [5, 5.41) is 4.21. The number of hydrogen-bond acceptors (Lipinski definition) is 4. The number of aryl methyl sites for hydroxylation is 1. The first kappa shape index (κ1) is 10.2. The minimum Gasteiger partial charge on any atom is -0.355 e. The standard InChI is InChI=1S/C10H16N4O/c1-13-10(15)3-2-9(12-13)14-6-4-8(11)5-7-14/h2-3,8H,4-7,11H2,1H3. The second-order valence-corrected chi connectivity index (χ2v) is 3.98. The third-order valence-electron chi connectivity index (χ3n) is 2.81. The molecule has 5 nitrogen and oxygen atoms in total. The van der Waals surface area contributed by atoms with E-state index in [4.69, 9.17) is 5.73 Å². The Morgan fingerprint density at radius 1 is 1.40 bits per heavy atom. The van der Waals surface area contributed by atoms with Crippen molar-refractivity contribution in [2.45, 2.75) is 18.9 Å². The van der Waals surface area contributed by atoms with Crippen LogP contribution in [0.3, 0.4) is 0 Å². The fraction of sp³-hybridized carbons (Fsp3) is 0.600. The van der Waals surface area contributed by atoms with Crippen molar-refractivity contribution >= 4 is 5.82 Å². The number of nitrogens with zero attached hydrogens (tertiary/aromatic N) is 3. The summed E-state index contributed by atoms with van der Waals surface area (Å²) in [6, 6.07) is 3.64. The molecule has 2 heterocycles. The van der Waals surface area contributed by atoms with E-state index in [1.54, 1.807) is 19.2 Å². The predicted octanol–water partition coefficient (Wildman–Crippen LogP) is -0.292. The molecule has 1 fully saturated rings. The summed E-state index contributed by atoms with van der Waals surface area (Å²) in [5.74, 6) is 0.865. The molecule has 2 rings (SSSR count). The van der Waals surface area contributed by atoms with Crippen molar-refractivity contribution in [2.24, 2.45) is 12.8 Å². The zero-order chi connectivity index (χ0) is 10.8. The van der Waals surface area contributed by atoms with Gasteiger partial charge >= 0.3 is 0 Å². The summed E-state index contributed by atoms with van der Waals surface area (Å²) in [7, 11) is 1.67. The van der Waals surface area contributed by atoms with Gasteiger partial charge < -0.3 is 10.6 Å².